The molecule has 1 aliphatic carbocycles. The fourth-order valence-corrected chi connectivity index (χ4v) is 3.49. The van der Waals surface area contributed by atoms with Crippen LogP contribution in [-0.2, 0) is 6.54 Å². The molecule has 11 heteroatoms. The van der Waals surface area contributed by atoms with Crippen molar-refractivity contribution in [2.45, 2.75) is 38.3 Å². The zero-order valence-electron chi connectivity index (χ0n) is 15.2. The maximum Gasteiger partial charge on any atom is 0.222 e. The quantitative estimate of drug-likeness (QED) is 0.753. The second-order valence-corrected chi connectivity index (χ2v) is 7.00. The number of nitrogens with zero attached hydrogens (tertiary/aromatic N) is 6. The van der Waals surface area contributed by atoms with E-state index in [0.717, 1.165) is 68.5 Å². The summed E-state index contributed by atoms with van der Waals surface area (Å²) in [5, 5.41) is 7.80. The number of nitrogens with two attached hydrogens (primary N) is 2. The molecule has 2 aromatic rings. The van der Waals surface area contributed by atoms with E-state index in [4.69, 9.17) is 16.1 Å². The van der Waals surface area contributed by atoms with Crippen molar-refractivity contribution in [2.75, 3.05) is 36.8 Å². The number of aromatic nitrogens is 4. The molecule has 0 bridgehead atoms. The Kier molecular flexibility index (Phi) is 7.21. The lowest BCUT2D eigenvalue weighted by Crippen LogP contribution is -2.46. The first-order valence-corrected chi connectivity index (χ1v) is 8.74. The summed E-state index contributed by atoms with van der Waals surface area (Å²) in [6.45, 7) is 6.33. The number of piperazine rings is 1. The van der Waals surface area contributed by atoms with Gasteiger partial charge in [-0.05, 0) is 19.8 Å². The molecule has 150 valence electrons. The predicted molar refractivity (Wildman–Crippen MR) is 107 cm³/mol. The summed E-state index contributed by atoms with van der Waals surface area (Å²) in [6.07, 6.45) is 1.96. The molecule has 1 aliphatic heterocycles. The predicted octanol–water partition coefficient (Wildman–Crippen LogP) is 1.12. The summed E-state index contributed by atoms with van der Waals surface area (Å²) in [5.74, 6) is 1.68. The van der Waals surface area contributed by atoms with E-state index in [1.807, 2.05) is 6.92 Å². The lowest BCUT2D eigenvalue weighted by Gasteiger charge is -2.36. The summed E-state index contributed by atoms with van der Waals surface area (Å²) < 4.78 is 4.77. The molecule has 3 heterocycles. The van der Waals surface area contributed by atoms with Crippen LogP contribution in [0.4, 0.5) is 11.8 Å². The van der Waals surface area contributed by atoms with Gasteiger partial charge >= 0.3 is 0 Å². The SMILES string of the molecule is Cc1nonc1CN1CCN(c2cc(C3CC(N)C3)nc(N)n2)CC1.Cl.Cl. The Morgan fingerprint density at radius 3 is 2.41 bits per heavy atom. The van der Waals surface area contributed by atoms with E-state index in [2.05, 4.69) is 36.1 Å². The first-order valence-electron chi connectivity index (χ1n) is 8.74. The second-order valence-electron chi connectivity index (χ2n) is 7.00. The van der Waals surface area contributed by atoms with Crippen LogP contribution in [0.5, 0.6) is 0 Å². The maximum atomic E-state index is 5.94. The number of halogens is 2. The van der Waals surface area contributed by atoms with Crippen molar-refractivity contribution >= 4 is 36.6 Å². The molecule has 1 saturated heterocycles. The highest BCUT2D eigenvalue weighted by atomic mass is 35.5. The van der Waals surface area contributed by atoms with Crippen LogP contribution in [0.3, 0.4) is 0 Å². The van der Waals surface area contributed by atoms with Crippen LogP contribution in [-0.4, -0.2) is 57.4 Å². The summed E-state index contributed by atoms with van der Waals surface area (Å²) in [4.78, 5) is 13.5. The molecular formula is C16H26Cl2N8O. The maximum absolute atomic E-state index is 5.94. The number of rotatable bonds is 4. The topological polar surface area (TPSA) is 123 Å². The standard InChI is InChI=1S/C16H24N8O.2ClH/c1-10-14(22-25-21-10)9-23-2-4-24(5-3-23)15-8-13(19-16(18)20-15)11-6-12(17)7-11;;/h8,11-12H,2-7,9,17H2,1H3,(H2,18,19,20);2*1H. The van der Waals surface area contributed by atoms with Crippen LogP contribution in [0, 0.1) is 6.92 Å². The highest BCUT2D eigenvalue weighted by Gasteiger charge is 2.30. The molecule has 2 aliphatic rings. The van der Waals surface area contributed by atoms with Crippen LogP contribution in [0.2, 0.25) is 0 Å². The first kappa shape index (κ1) is 21.6. The molecule has 1 saturated carbocycles. The Labute approximate surface area is 170 Å². The Hall–Kier alpha value is -1.68. The van der Waals surface area contributed by atoms with Gasteiger partial charge in [-0.15, -0.1) is 24.8 Å². The molecule has 0 spiro atoms. The minimum Gasteiger partial charge on any atom is -0.368 e. The van der Waals surface area contributed by atoms with Gasteiger partial charge in [0.15, 0.2) is 0 Å². The lowest BCUT2D eigenvalue weighted by atomic mass is 9.78. The minimum absolute atomic E-state index is 0. The van der Waals surface area contributed by atoms with Crippen LogP contribution < -0.4 is 16.4 Å². The smallest absolute Gasteiger partial charge is 0.222 e. The number of nitrogen functional groups attached to an aromatic ring is 1. The van der Waals surface area contributed by atoms with Gasteiger partial charge in [0.05, 0.1) is 5.69 Å². The van der Waals surface area contributed by atoms with Crippen LogP contribution in [0.15, 0.2) is 10.7 Å². The molecule has 4 N–H and O–H groups in total. The largest absolute Gasteiger partial charge is 0.368 e. The molecule has 27 heavy (non-hydrogen) atoms. The van der Waals surface area contributed by atoms with Crippen LogP contribution in [0.1, 0.15) is 35.8 Å². The van der Waals surface area contributed by atoms with Gasteiger partial charge in [0.25, 0.3) is 0 Å². The summed E-state index contributed by atoms with van der Waals surface area (Å²) in [6, 6.07) is 2.37. The molecule has 9 nitrogen and oxygen atoms in total. The average molecular weight is 417 g/mol. The van der Waals surface area contributed by atoms with Crippen molar-refractivity contribution in [1.82, 2.24) is 25.2 Å². The van der Waals surface area contributed by atoms with Crippen molar-refractivity contribution in [2.24, 2.45) is 5.73 Å². The Bertz CT molecular complexity index is 744. The number of aryl methyl sites for hydroxylation is 1. The van der Waals surface area contributed by atoms with E-state index in [1.54, 1.807) is 0 Å². The highest BCUT2D eigenvalue weighted by molar-refractivity contribution is 5.85. The fourth-order valence-electron chi connectivity index (χ4n) is 3.49. The van der Waals surface area contributed by atoms with E-state index in [0.29, 0.717) is 17.9 Å². The molecule has 0 aromatic carbocycles. The van der Waals surface area contributed by atoms with Gasteiger partial charge in [-0.3, -0.25) is 4.90 Å². The Morgan fingerprint density at radius 2 is 1.81 bits per heavy atom. The van der Waals surface area contributed by atoms with E-state index in [1.165, 1.54) is 0 Å². The lowest BCUT2D eigenvalue weighted by molar-refractivity contribution is 0.237. The molecule has 4 rings (SSSR count). The molecule has 2 fully saturated rings. The van der Waals surface area contributed by atoms with E-state index in [-0.39, 0.29) is 24.8 Å². The van der Waals surface area contributed by atoms with Crippen LogP contribution in [0.25, 0.3) is 0 Å². The Morgan fingerprint density at radius 1 is 1.11 bits per heavy atom. The van der Waals surface area contributed by atoms with Crippen molar-refractivity contribution in [3.8, 4) is 0 Å². The third-order valence-electron chi connectivity index (χ3n) is 5.16. The fraction of sp³-hybridized carbons (Fsp3) is 0.625. The van der Waals surface area contributed by atoms with E-state index >= 15 is 0 Å². The summed E-state index contributed by atoms with van der Waals surface area (Å²) >= 11 is 0. The van der Waals surface area contributed by atoms with Gasteiger partial charge in [0.1, 0.15) is 17.2 Å². The summed E-state index contributed by atoms with van der Waals surface area (Å²) in [7, 11) is 0. The van der Waals surface area contributed by atoms with Gasteiger partial charge in [-0.25, -0.2) is 9.61 Å². The molecule has 0 amide bonds. The van der Waals surface area contributed by atoms with Gasteiger partial charge < -0.3 is 16.4 Å². The normalized spacial score (nSPS) is 22.5. The second kappa shape index (κ2) is 9.01. The van der Waals surface area contributed by atoms with Gasteiger partial charge in [0.2, 0.25) is 5.95 Å². The highest BCUT2D eigenvalue weighted by Crippen LogP contribution is 2.36. The average Bonchev–Trinajstić information content (AvgIpc) is 2.97. The molecule has 0 atom stereocenters. The minimum atomic E-state index is 0. The molecule has 0 unspecified atom stereocenters. The molecule has 0 radical (unpaired) electrons. The summed E-state index contributed by atoms with van der Waals surface area (Å²) in [5.41, 5.74) is 14.6. The van der Waals surface area contributed by atoms with Gasteiger partial charge in [0, 0.05) is 50.7 Å². The number of anilines is 2. The van der Waals surface area contributed by atoms with E-state index < -0.39 is 0 Å². The third kappa shape index (κ3) is 4.78. The molecular weight excluding hydrogens is 391 g/mol. The van der Waals surface area contributed by atoms with E-state index in [9.17, 15) is 0 Å². The van der Waals surface area contributed by atoms with Crippen molar-refractivity contribution in [1.29, 1.82) is 0 Å². The number of hydrogen-bond donors (Lipinski definition) is 2. The van der Waals surface area contributed by atoms with Crippen molar-refractivity contribution in [3.05, 3.63) is 23.1 Å². The van der Waals surface area contributed by atoms with Crippen molar-refractivity contribution < 1.29 is 4.63 Å². The van der Waals surface area contributed by atoms with Gasteiger partial charge in [-0.1, -0.05) is 10.3 Å². The van der Waals surface area contributed by atoms with Crippen LogP contribution >= 0.6 is 24.8 Å². The first-order chi connectivity index (χ1) is 12.1. The third-order valence-corrected chi connectivity index (χ3v) is 5.16. The zero-order valence-corrected chi connectivity index (χ0v) is 16.9. The number of hydrogen-bond acceptors (Lipinski definition) is 9. The van der Waals surface area contributed by atoms with Crippen molar-refractivity contribution in [3.63, 3.8) is 0 Å². The monoisotopic (exact) mass is 416 g/mol. The molecule has 2 aromatic heterocycles. The van der Waals surface area contributed by atoms with Gasteiger partial charge in [-0.2, -0.15) is 4.98 Å². The Balaban J connectivity index is 0.00000131. The zero-order chi connectivity index (χ0) is 17.4.